The normalized spacial score (nSPS) is 30.2. The zero-order valence-electron chi connectivity index (χ0n) is 10.1. The number of rotatable bonds is 2. The SMILES string of the molecule is Nc1nc(Cl)c2ccn(C3O[C@H](CO)[C@@H](O)[C@@H]3F)c2n1. The van der Waals surface area contributed by atoms with Crippen LogP contribution in [0.2, 0.25) is 5.15 Å². The van der Waals surface area contributed by atoms with Gasteiger partial charge < -0.3 is 25.3 Å². The molecule has 0 aromatic carbocycles. The van der Waals surface area contributed by atoms with Crippen LogP contribution >= 0.6 is 11.6 Å². The van der Waals surface area contributed by atoms with Crippen LogP contribution in [0.4, 0.5) is 10.3 Å². The average Bonchev–Trinajstić information content (AvgIpc) is 2.93. The number of fused-ring (bicyclic) bond motifs is 1. The number of alkyl halides is 1. The molecule has 1 unspecified atom stereocenters. The van der Waals surface area contributed by atoms with Gasteiger partial charge in [0.15, 0.2) is 12.4 Å². The first-order valence-electron chi connectivity index (χ1n) is 5.91. The number of nitrogens with two attached hydrogens (primary N) is 1. The van der Waals surface area contributed by atoms with Crippen LogP contribution in [0, 0.1) is 0 Å². The fourth-order valence-corrected chi connectivity index (χ4v) is 2.53. The van der Waals surface area contributed by atoms with Crippen molar-refractivity contribution in [3.8, 4) is 0 Å². The summed E-state index contributed by atoms with van der Waals surface area (Å²) in [5, 5.41) is 19.3. The minimum atomic E-state index is -1.70. The van der Waals surface area contributed by atoms with E-state index in [0.717, 1.165) is 0 Å². The minimum Gasteiger partial charge on any atom is -0.394 e. The van der Waals surface area contributed by atoms with Gasteiger partial charge >= 0.3 is 0 Å². The maximum Gasteiger partial charge on any atom is 0.223 e. The van der Waals surface area contributed by atoms with Gasteiger partial charge in [0.25, 0.3) is 0 Å². The van der Waals surface area contributed by atoms with Gasteiger partial charge in [0, 0.05) is 6.20 Å². The highest BCUT2D eigenvalue weighted by atomic mass is 35.5. The van der Waals surface area contributed by atoms with Crippen LogP contribution in [0.15, 0.2) is 12.3 Å². The molecule has 1 aliphatic rings. The average molecular weight is 303 g/mol. The predicted molar refractivity (Wildman–Crippen MR) is 68.8 cm³/mol. The Labute approximate surface area is 117 Å². The second-order valence-corrected chi connectivity index (χ2v) is 4.87. The van der Waals surface area contributed by atoms with E-state index in [2.05, 4.69) is 9.97 Å². The fourth-order valence-electron chi connectivity index (χ4n) is 2.30. The third kappa shape index (κ3) is 1.92. The Morgan fingerprint density at radius 2 is 2.25 bits per heavy atom. The molecule has 20 heavy (non-hydrogen) atoms. The molecule has 3 heterocycles. The topological polar surface area (TPSA) is 106 Å². The molecule has 4 atom stereocenters. The van der Waals surface area contributed by atoms with Crippen molar-refractivity contribution >= 4 is 28.6 Å². The van der Waals surface area contributed by atoms with Gasteiger partial charge in [0.2, 0.25) is 5.95 Å². The van der Waals surface area contributed by atoms with E-state index in [-0.39, 0.29) is 11.1 Å². The Kier molecular flexibility index (Phi) is 3.25. The van der Waals surface area contributed by atoms with Crippen molar-refractivity contribution < 1.29 is 19.3 Å². The summed E-state index contributed by atoms with van der Waals surface area (Å²) in [6.45, 7) is -0.477. The van der Waals surface area contributed by atoms with Gasteiger partial charge in [-0.2, -0.15) is 4.98 Å². The smallest absolute Gasteiger partial charge is 0.223 e. The number of halogens is 2. The Bertz CT molecular complexity index is 652. The van der Waals surface area contributed by atoms with Crippen molar-refractivity contribution in [2.75, 3.05) is 12.3 Å². The van der Waals surface area contributed by atoms with Crippen LogP contribution in [0.5, 0.6) is 0 Å². The monoisotopic (exact) mass is 302 g/mol. The lowest BCUT2D eigenvalue weighted by Gasteiger charge is -2.16. The number of nitrogens with zero attached hydrogens (tertiary/aromatic N) is 3. The van der Waals surface area contributed by atoms with E-state index in [1.54, 1.807) is 6.07 Å². The zero-order valence-corrected chi connectivity index (χ0v) is 10.9. The molecule has 3 rings (SSSR count). The molecule has 2 aromatic heterocycles. The molecule has 0 spiro atoms. The van der Waals surface area contributed by atoms with E-state index in [1.807, 2.05) is 0 Å². The number of nitrogen functional groups attached to an aromatic ring is 1. The molecule has 108 valence electrons. The molecular formula is C11H12ClFN4O3. The molecule has 1 aliphatic heterocycles. The molecule has 9 heteroatoms. The number of aliphatic hydroxyl groups is 2. The molecule has 7 nitrogen and oxygen atoms in total. The van der Waals surface area contributed by atoms with Crippen molar-refractivity contribution in [2.45, 2.75) is 24.6 Å². The van der Waals surface area contributed by atoms with Gasteiger partial charge in [-0.3, -0.25) is 0 Å². The second kappa shape index (κ2) is 4.81. The molecule has 0 saturated carbocycles. The quantitative estimate of drug-likeness (QED) is 0.687. The minimum absolute atomic E-state index is 0.0462. The Balaban J connectivity index is 2.07. The highest BCUT2D eigenvalue weighted by Gasteiger charge is 2.45. The van der Waals surface area contributed by atoms with E-state index in [1.165, 1.54) is 10.8 Å². The van der Waals surface area contributed by atoms with Crippen molar-refractivity contribution in [1.82, 2.24) is 14.5 Å². The van der Waals surface area contributed by atoms with Gasteiger partial charge in [-0.15, -0.1) is 0 Å². The first-order valence-corrected chi connectivity index (χ1v) is 6.28. The third-order valence-corrected chi connectivity index (χ3v) is 3.58. The van der Waals surface area contributed by atoms with Gasteiger partial charge in [0.1, 0.15) is 23.0 Å². The number of hydrogen-bond acceptors (Lipinski definition) is 6. The summed E-state index contributed by atoms with van der Waals surface area (Å²) in [4.78, 5) is 7.81. The van der Waals surface area contributed by atoms with Crippen LogP contribution in [-0.2, 0) is 4.74 Å². The second-order valence-electron chi connectivity index (χ2n) is 4.52. The highest BCUT2D eigenvalue weighted by Crippen LogP contribution is 2.35. The van der Waals surface area contributed by atoms with Gasteiger partial charge in [0.05, 0.1) is 12.0 Å². The van der Waals surface area contributed by atoms with Gasteiger partial charge in [-0.25, -0.2) is 9.37 Å². The fraction of sp³-hybridized carbons (Fsp3) is 0.455. The number of anilines is 1. The largest absolute Gasteiger partial charge is 0.394 e. The van der Waals surface area contributed by atoms with E-state index in [9.17, 15) is 9.50 Å². The molecule has 0 radical (unpaired) electrons. The molecule has 1 fully saturated rings. The molecule has 4 N–H and O–H groups in total. The third-order valence-electron chi connectivity index (χ3n) is 3.29. The molecule has 0 amide bonds. The van der Waals surface area contributed by atoms with Crippen molar-refractivity contribution in [1.29, 1.82) is 0 Å². The van der Waals surface area contributed by atoms with Crippen LogP contribution in [0.25, 0.3) is 11.0 Å². The highest BCUT2D eigenvalue weighted by molar-refractivity contribution is 6.34. The number of hydrogen-bond donors (Lipinski definition) is 3. The van der Waals surface area contributed by atoms with E-state index in [0.29, 0.717) is 11.0 Å². The molecule has 0 bridgehead atoms. The summed E-state index contributed by atoms with van der Waals surface area (Å²) >= 11 is 5.93. The van der Waals surface area contributed by atoms with Crippen LogP contribution < -0.4 is 5.73 Å². The van der Waals surface area contributed by atoms with Gasteiger partial charge in [-0.05, 0) is 6.07 Å². The lowest BCUT2D eigenvalue weighted by Crippen LogP contribution is -2.30. The standard InChI is InChI=1S/C11H12ClFN4O3/c12-8-4-1-2-17(9(4)16-11(14)15-8)10-6(13)7(19)5(3-18)20-10/h1-2,5-7,10,18-19H,3H2,(H2,14,15,16)/t5-,6+,7-,10?/m1/s1. The van der Waals surface area contributed by atoms with Crippen LogP contribution in [0.3, 0.4) is 0 Å². The van der Waals surface area contributed by atoms with Crippen molar-refractivity contribution in [3.63, 3.8) is 0 Å². The summed E-state index contributed by atoms with van der Waals surface area (Å²) < 4.78 is 20.8. The van der Waals surface area contributed by atoms with Crippen LogP contribution in [-0.4, -0.2) is 49.7 Å². The maximum absolute atomic E-state index is 14.1. The first kappa shape index (κ1) is 13.5. The molecule has 2 aromatic rings. The van der Waals surface area contributed by atoms with E-state index in [4.69, 9.17) is 27.2 Å². The Morgan fingerprint density at radius 3 is 2.90 bits per heavy atom. The zero-order chi connectivity index (χ0) is 14.4. The lowest BCUT2D eigenvalue weighted by atomic mass is 10.1. The van der Waals surface area contributed by atoms with Crippen molar-refractivity contribution in [2.24, 2.45) is 0 Å². The lowest BCUT2D eigenvalue weighted by molar-refractivity contribution is -0.0457. The summed E-state index contributed by atoms with van der Waals surface area (Å²) in [5.74, 6) is -0.0462. The number of aliphatic hydroxyl groups excluding tert-OH is 2. The summed E-state index contributed by atoms with van der Waals surface area (Å²) in [6, 6.07) is 1.60. The van der Waals surface area contributed by atoms with Gasteiger partial charge in [-0.1, -0.05) is 11.6 Å². The Morgan fingerprint density at radius 1 is 1.50 bits per heavy atom. The van der Waals surface area contributed by atoms with E-state index >= 15 is 0 Å². The number of ether oxygens (including phenoxy) is 1. The van der Waals surface area contributed by atoms with Crippen LogP contribution in [0.1, 0.15) is 6.23 Å². The molecule has 1 saturated heterocycles. The summed E-state index contributed by atoms with van der Waals surface area (Å²) in [5.41, 5.74) is 5.83. The summed E-state index contributed by atoms with van der Waals surface area (Å²) in [7, 11) is 0. The Hall–Kier alpha value is -1.48. The summed E-state index contributed by atoms with van der Waals surface area (Å²) in [6.07, 6.45) is -3.67. The number of aromatic nitrogens is 3. The first-order chi connectivity index (χ1) is 9.52. The van der Waals surface area contributed by atoms with E-state index < -0.39 is 31.2 Å². The predicted octanol–water partition coefficient (Wildman–Crippen LogP) is 0.256. The maximum atomic E-state index is 14.1. The molecular weight excluding hydrogens is 291 g/mol. The van der Waals surface area contributed by atoms with Crippen molar-refractivity contribution in [3.05, 3.63) is 17.4 Å². The molecule has 0 aliphatic carbocycles.